The zero-order valence-corrected chi connectivity index (χ0v) is 16.7. The fourth-order valence-electron chi connectivity index (χ4n) is 2.84. The van der Waals surface area contributed by atoms with Gasteiger partial charge in [0.05, 0.1) is 18.7 Å². The molecule has 2 aromatic heterocycles. The third-order valence-electron chi connectivity index (χ3n) is 4.22. The van der Waals surface area contributed by atoms with Crippen molar-refractivity contribution in [1.82, 2.24) is 4.90 Å². The van der Waals surface area contributed by atoms with Crippen molar-refractivity contribution in [2.24, 2.45) is 0 Å². The molecule has 27 heavy (non-hydrogen) atoms. The van der Waals surface area contributed by atoms with Crippen LogP contribution in [0.3, 0.4) is 0 Å². The van der Waals surface area contributed by atoms with Crippen molar-refractivity contribution in [3.63, 3.8) is 0 Å². The molecule has 0 unspecified atom stereocenters. The first-order valence-corrected chi connectivity index (χ1v) is 10.2. The van der Waals surface area contributed by atoms with Crippen LogP contribution in [0.1, 0.15) is 33.4 Å². The van der Waals surface area contributed by atoms with Gasteiger partial charge in [0.2, 0.25) is 5.91 Å². The maximum atomic E-state index is 12.3. The Morgan fingerprint density at radius 2 is 2.30 bits per heavy atom. The van der Waals surface area contributed by atoms with Gasteiger partial charge in [-0.25, -0.2) is 4.79 Å². The van der Waals surface area contributed by atoms with Crippen LogP contribution in [0.4, 0.5) is 9.80 Å². The number of carbonyl (C=O) groups is 2. The Hall–Kier alpha value is -2.63. The number of hydrogen-bond donors (Lipinski definition) is 1. The molecule has 1 aliphatic heterocycles. The Balaban J connectivity index is 1.75. The summed E-state index contributed by atoms with van der Waals surface area (Å²) in [5, 5.41) is 14.9. The van der Waals surface area contributed by atoms with Crippen LogP contribution in [0.25, 0.3) is 6.08 Å². The van der Waals surface area contributed by atoms with E-state index in [4.69, 9.17) is 4.74 Å². The Morgan fingerprint density at radius 3 is 2.96 bits per heavy atom. The summed E-state index contributed by atoms with van der Waals surface area (Å²) < 4.78 is 5.05. The summed E-state index contributed by atoms with van der Waals surface area (Å²) in [6.07, 6.45) is 3.48. The molecule has 3 rings (SSSR count). The van der Waals surface area contributed by atoms with Crippen LogP contribution in [0.15, 0.2) is 17.5 Å². The highest BCUT2D eigenvalue weighted by Gasteiger charge is 2.27. The van der Waals surface area contributed by atoms with Gasteiger partial charge in [-0.1, -0.05) is 0 Å². The molecule has 1 N–H and O–H groups in total. The number of nitrogens with zero attached hydrogens (tertiary/aromatic N) is 2. The van der Waals surface area contributed by atoms with Crippen LogP contribution in [0.2, 0.25) is 0 Å². The number of thiophene rings is 2. The predicted octanol–water partition coefficient (Wildman–Crippen LogP) is 4.16. The summed E-state index contributed by atoms with van der Waals surface area (Å²) in [6, 6.07) is 4.19. The minimum absolute atomic E-state index is 0.278. The SMILES string of the molecule is CCOC(=O)N1CCc2c(sc(NC(=O)/C=C/c3sccc3C)c2C#N)C1. The highest BCUT2D eigenvalue weighted by molar-refractivity contribution is 7.16. The summed E-state index contributed by atoms with van der Waals surface area (Å²) in [4.78, 5) is 27.8. The van der Waals surface area contributed by atoms with E-state index in [1.54, 1.807) is 29.2 Å². The first kappa shape index (κ1) is 19.1. The van der Waals surface area contributed by atoms with Gasteiger partial charge in [-0.3, -0.25) is 4.79 Å². The first-order chi connectivity index (χ1) is 13.0. The smallest absolute Gasteiger partial charge is 0.410 e. The van der Waals surface area contributed by atoms with Crippen molar-refractivity contribution in [3.8, 4) is 6.07 Å². The number of fused-ring (bicyclic) bond motifs is 1. The molecule has 0 radical (unpaired) electrons. The number of rotatable bonds is 4. The van der Waals surface area contributed by atoms with E-state index in [2.05, 4.69) is 11.4 Å². The summed E-state index contributed by atoms with van der Waals surface area (Å²) in [7, 11) is 0. The normalized spacial score (nSPS) is 13.3. The molecule has 0 fully saturated rings. The maximum absolute atomic E-state index is 12.3. The Labute approximate surface area is 165 Å². The van der Waals surface area contributed by atoms with Gasteiger partial charge in [0, 0.05) is 22.4 Å². The monoisotopic (exact) mass is 401 g/mol. The average Bonchev–Trinajstić information content (AvgIpc) is 3.21. The van der Waals surface area contributed by atoms with Crippen LogP contribution in [0.5, 0.6) is 0 Å². The maximum Gasteiger partial charge on any atom is 0.410 e. The fourth-order valence-corrected chi connectivity index (χ4v) is 4.88. The molecule has 0 spiro atoms. The lowest BCUT2D eigenvalue weighted by Gasteiger charge is -2.25. The van der Waals surface area contributed by atoms with Crippen LogP contribution in [-0.4, -0.2) is 30.1 Å². The quantitative estimate of drug-likeness (QED) is 0.780. The van der Waals surface area contributed by atoms with E-state index in [0.29, 0.717) is 36.7 Å². The molecule has 0 aromatic carbocycles. The largest absolute Gasteiger partial charge is 0.450 e. The molecule has 0 atom stereocenters. The summed E-state index contributed by atoms with van der Waals surface area (Å²) in [5.41, 5.74) is 2.52. The van der Waals surface area contributed by atoms with Gasteiger partial charge in [0.1, 0.15) is 11.1 Å². The lowest BCUT2D eigenvalue weighted by molar-refractivity contribution is -0.111. The second-order valence-electron chi connectivity index (χ2n) is 5.98. The summed E-state index contributed by atoms with van der Waals surface area (Å²) in [6.45, 7) is 4.98. The van der Waals surface area contributed by atoms with E-state index < -0.39 is 0 Å². The molecule has 0 bridgehead atoms. The third kappa shape index (κ3) is 4.21. The minimum Gasteiger partial charge on any atom is -0.450 e. The van der Waals surface area contributed by atoms with Crippen molar-refractivity contribution in [1.29, 1.82) is 5.26 Å². The van der Waals surface area contributed by atoms with Gasteiger partial charge in [-0.2, -0.15) is 5.26 Å². The zero-order chi connectivity index (χ0) is 19.4. The standard InChI is InChI=1S/C19H19N3O3S2/c1-3-25-19(24)22-8-6-13-14(10-20)18(27-16(13)11-22)21-17(23)5-4-15-12(2)7-9-26-15/h4-5,7,9H,3,6,8,11H2,1-2H3,(H,21,23)/b5-4+. The number of hydrogen-bond acceptors (Lipinski definition) is 6. The molecule has 6 nitrogen and oxygen atoms in total. The van der Waals surface area contributed by atoms with Gasteiger partial charge >= 0.3 is 6.09 Å². The predicted molar refractivity (Wildman–Crippen MR) is 107 cm³/mol. The minimum atomic E-state index is -0.352. The third-order valence-corrected chi connectivity index (χ3v) is 6.34. The van der Waals surface area contributed by atoms with E-state index in [9.17, 15) is 14.9 Å². The van der Waals surface area contributed by atoms with Crippen molar-refractivity contribution in [2.75, 3.05) is 18.5 Å². The number of carbonyl (C=O) groups excluding carboxylic acids is 2. The number of aryl methyl sites for hydroxylation is 1. The number of ether oxygens (including phenoxy) is 1. The topological polar surface area (TPSA) is 82.4 Å². The van der Waals surface area contributed by atoms with E-state index >= 15 is 0 Å². The van der Waals surface area contributed by atoms with Crippen LogP contribution in [0, 0.1) is 18.3 Å². The molecular weight excluding hydrogens is 382 g/mol. The van der Waals surface area contributed by atoms with Crippen molar-refractivity contribution >= 4 is 45.8 Å². The fraction of sp³-hybridized carbons (Fsp3) is 0.316. The Kier molecular flexibility index (Phi) is 5.94. The van der Waals surface area contributed by atoms with Gasteiger partial charge in [-0.15, -0.1) is 22.7 Å². The molecule has 2 amide bonds. The highest BCUT2D eigenvalue weighted by Crippen LogP contribution is 2.36. The van der Waals surface area contributed by atoms with Gasteiger partial charge in [0.25, 0.3) is 0 Å². The van der Waals surface area contributed by atoms with E-state index in [1.165, 1.54) is 17.4 Å². The summed E-state index contributed by atoms with van der Waals surface area (Å²) >= 11 is 2.91. The number of nitrogens with one attached hydrogen (secondary N) is 1. The second-order valence-corrected chi connectivity index (χ2v) is 8.03. The molecule has 140 valence electrons. The molecule has 1 aliphatic rings. The average molecular weight is 402 g/mol. The number of anilines is 1. The number of amides is 2. The molecular formula is C19H19N3O3S2. The lowest BCUT2D eigenvalue weighted by Crippen LogP contribution is -2.35. The molecule has 0 saturated heterocycles. The highest BCUT2D eigenvalue weighted by atomic mass is 32.1. The molecule has 0 aliphatic carbocycles. The molecule has 2 aromatic rings. The van der Waals surface area contributed by atoms with E-state index in [0.717, 1.165) is 20.9 Å². The van der Waals surface area contributed by atoms with Gasteiger partial charge < -0.3 is 15.0 Å². The molecule has 3 heterocycles. The zero-order valence-electron chi connectivity index (χ0n) is 15.1. The Bertz CT molecular complexity index is 937. The van der Waals surface area contributed by atoms with Crippen LogP contribution < -0.4 is 5.32 Å². The van der Waals surface area contributed by atoms with Crippen LogP contribution in [-0.2, 0) is 22.5 Å². The second kappa shape index (κ2) is 8.37. The van der Waals surface area contributed by atoms with Crippen molar-refractivity contribution in [2.45, 2.75) is 26.8 Å². The van der Waals surface area contributed by atoms with Crippen molar-refractivity contribution < 1.29 is 14.3 Å². The van der Waals surface area contributed by atoms with Crippen LogP contribution >= 0.6 is 22.7 Å². The number of nitriles is 1. The van der Waals surface area contributed by atoms with Gasteiger partial charge in [-0.05, 0) is 48.9 Å². The summed E-state index contributed by atoms with van der Waals surface area (Å²) in [5.74, 6) is -0.278. The van der Waals surface area contributed by atoms with E-state index in [1.807, 2.05) is 18.4 Å². The molecule has 8 heteroatoms. The van der Waals surface area contributed by atoms with Crippen molar-refractivity contribution in [3.05, 3.63) is 44.0 Å². The Morgan fingerprint density at radius 1 is 1.48 bits per heavy atom. The molecule has 0 saturated carbocycles. The van der Waals surface area contributed by atoms with E-state index in [-0.39, 0.29) is 12.0 Å². The lowest BCUT2D eigenvalue weighted by atomic mass is 10.0. The van der Waals surface area contributed by atoms with Gasteiger partial charge in [0.15, 0.2) is 0 Å². The first-order valence-electron chi connectivity index (χ1n) is 8.53.